The minimum Gasteiger partial charge on any atom is -0.464 e. The van der Waals surface area contributed by atoms with E-state index in [0.29, 0.717) is 0 Å². The third-order valence-corrected chi connectivity index (χ3v) is 3.31. The minimum atomic E-state index is -0.120. The molecule has 3 heteroatoms. The van der Waals surface area contributed by atoms with Gasteiger partial charge in [-0.2, -0.15) is 0 Å². The average Bonchev–Trinajstić information content (AvgIpc) is 2.44. The standard InChI is InChI=1S/C15H17NO2/c16-13-8-9-14(12-6-2-1-5-11(12)13)18-15-7-3-4-10-17-15/h1-2,5-6,8-9,15H,3-4,7,10,16H2/t15-/m0/s1. The summed E-state index contributed by atoms with van der Waals surface area (Å²) in [4.78, 5) is 0. The molecule has 1 aliphatic rings. The number of anilines is 1. The zero-order valence-corrected chi connectivity index (χ0v) is 10.3. The molecule has 0 radical (unpaired) electrons. The summed E-state index contributed by atoms with van der Waals surface area (Å²) in [7, 11) is 0. The average molecular weight is 243 g/mol. The second-order valence-corrected chi connectivity index (χ2v) is 4.61. The van der Waals surface area contributed by atoms with Crippen molar-refractivity contribution in [3.05, 3.63) is 36.4 Å². The lowest BCUT2D eigenvalue weighted by atomic mass is 10.1. The Balaban J connectivity index is 1.94. The Morgan fingerprint density at radius 2 is 1.89 bits per heavy atom. The fraction of sp³-hybridized carbons (Fsp3) is 0.333. The number of fused-ring (bicyclic) bond motifs is 1. The highest BCUT2D eigenvalue weighted by molar-refractivity contribution is 5.96. The highest BCUT2D eigenvalue weighted by atomic mass is 16.7. The number of hydrogen-bond donors (Lipinski definition) is 1. The Morgan fingerprint density at radius 1 is 1.06 bits per heavy atom. The minimum absolute atomic E-state index is 0.120. The molecule has 0 amide bonds. The molecule has 3 nitrogen and oxygen atoms in total. The second kappa shape index (κ2) is 4.86. The number of nitrogen functional groups attached to an aromatic ring is 1. The molecule has 94 valence electrons. The number of ether oxygens (including phenoxy) is 2. The van der Waals surface area contributed by atoms with E-state index in [1.807, 2.05) is 36.4 Å². The first-order chi connectivity index (χ1) is 8.84. The van der Waals surface area contributed by atoms with E-state index in [4.69, 9.17) is 15.2 Å². The predicted molar refractivity (Wildman–Crippen MR) is 72.6 cm³/mol. The number of rotatable bonds is 2. The van der Waals surface area contributed by atoms with E-state index in [0.717, 1.165) is 48.1 Å². The van der Waals surface area contributed by atoms with Crippen LogP contribution < -0.4 is 10.5 Å². The first-order valence-electron chi connectivity index (χ1n) is 6.40. The summed E-state index contributed by atoms with van der Waals surface area (Å²) in [5.41, 5.74) is 6.75. The molecule has 2 N–H and O–H groups in total. The van der Waals surface area contributed by atoms with E-state index in [2.05, 4.69) is 0 Å². The lowest BCUT2D eigenvalue weighted by Crippen LogP contribution is -2.25. The van der Waals surface area contributed by atoms with Gasteiger partial charge >= 0.3 is 0 Å². The molecule has 2 aromatic carbocycles. The highest BCUT2D eigenvalue weighted by Crippen LogP contribution is 2.31. The van der Waals surface area contributed by atoms with E-state index in [1.165, 1.54) is 0 Å². The van der Waals surface area contributed by atoms with Gasteiger partial charge in [0.05, 0.1) is 6.61 Å². The van der Waals surface area contributed by atoms with Crippen LogP contribution in [0.1, 0.15) is 19.3 Å². The Labute approximate surface area is 106 Å². The molecule has 1 heterocycles. The summed E-state index contributed by atoms with van der Waals surface area (Å²) >= 11 is 0. The van der Waals surface area contributed by atoms with Crippen LogP contribution in [0.2, 0.25) is 0 Å². The highest BCUT2D eigenvalue weighted by Gasteiger charge is 2.16. The normalized spacial score (nSPS) is 19.9. The molecule has 0 aromatic heterocycles. The summed E-state index contributed by atoms with van der Waals surface area (Å²) in [6, 6.07) is 11.8. The Kier molecular flexibility index (Phi) is 3.07. The van der Waals surface area contributed by atoms with Crippen LogP contribution in [-0.2, 0) is 4.74 Å². The van der Waals surface area contributed by atoms with Crippen LogP contribution in [0, 0.1) is 0 Å². The molecule has 0 saturated carbocycles. The van der Waals surface area contributed by atoms with Gasteiger partial charge in [-0.1, -0.05) is 24.3 Å². The van der Waals surface area contributed by atoms with Gasteiger partial charge in [-0.15, -0.1) is 0 Å². The SMILES string of the molecule is Nc1ccc(O[C@H]2CCCCO2)c2ccccc12. The van der Waals surface area contributed by atoms with E-state index in [-0.39, 0.29) is 6.29 Å². The van der Waals surface area contributed by atoms with Crippen molar-refractivity contribution in [2.24, 2.45) is 0 Å². The molecule has 1 aliphatic heterocycles. The summed E-state index contributed by atoms with van der Waals surface area (Å²) in [6.07, 6.45) is 3.13. The van der Waals surface area contributed by atoms with Crippen LogP contribution in [0.25, 0.3) is 10.8 Å². The molecule has 0 bridgehead atoms. The molecule has 1 saturated heterocycles. The summed E-state index contributed by atoms with van der Waals surface area (Å²) < 4.78 is 11.6. The molecule has 0 spiro atoms. The number of hydrogen-bond acceptors (Lipinski definition) is 3. The van der Waals surface area contributed by atoms with E-state index in [9.17, 15) is 0 Å². The lowest BCUT2D eigenvalue weighted by Gasteiger charge is -2.24. The van der Waals surface area contributed by atoms with Crippen molar-refractivity contribution in [3.63, 3.8) is 0 Å². The van der Waals surface area contributed by atoms with Crippen LogP contribution in [0.5, 0.6) is 5.75 Å². The molecule has 3 rings (SSSR count). The predicted octanol–water partition coefficient (Wildman–Crippen LogP) is 3.33. The third-order valence-electron chi connectivity index (χ3n) is 3.31. The zero-order chi connectivity index (χ0) is 12.4. The zero-order valence-electron chi connectivity index (χ0n) is 10.3. The quantitative estimate of drug-likeness (QED) is 0.823. The second-order valence-electron chi connectivity index (χ2n) is 4.61. The topological polar surface area (TPSA) is 44.5 Å². The van der Waals surface area contributed by atoms with Crippen molar-refractivity contribution in [3.8, 4) is 5.75 Å². The molecule has 0 unspecified atom stereocenters. The summed E-state index contributed by atoms with van der Waals surface area (Å²) in [5.74, 6) is 0.853. The van der Waals surface area contributed by atoms with Crippen molar-refractivity contribution in [2.45, 2.75) is 25.6 Å². The van der Waals surface area contributed by atoms with Gasteiger partial charge in [-0.25, -0.2) is 0 Å². The van der Waals surface area contributed by atoms with Gasteiger partial charge in [0.1, 0.15) is 5.75 Å². The first kappa shape index (κ1) is 11.4. The van der Waals surface area contributed by atoms with Crippen molar-refractivity contribution < 1.29 is 9.47 Å². The summed E-state index contributed by atoms with van der Waals surface area (Å²) in [6.45, 7) is 0.789. The van der Waals surface area contributed by atoms with Gasteiger partial charge in [-0.05, 0) is 25.0 Å². The fourth-order valence-corrected chi connectivity index (χ4v) is 2.34. The smallest absolute Gasteiger partial charge is 0.199 e. The Morgan fingerprint density at radius 3 is 2.67 bits per heavy atom. The van der Waals surface area contributed by atoms with Gasteiger partial charge in [0.2, 0.25) is 0 Å². The maximum atomic E-state index is 5.97. The first-order valence-corrected chi connectivity index (χ1v) is 6.40. The van der Waals surface area contributed by atoms with Crippen molar-refractivity contribution in [1.82, 2.24) is 0 Å². The molecular formula is C15H17NO2. The van der Waals surface area contributed by atoms with E-state index >= 15 is 0 Å². The fourth-order valence-electron chi connectivity index (χ4n) is 2.34. The van der Waals surface area contributed by atoms with Crippen molar-refractivity contribution in [1.29, 1.82) is 0 Å². The number of nitrogens with two attached hydrogens (primary N) is 1. The van der Waals surface area contributed by atoms with Gasteiger partial charge in [0.25, 0.3) is 0 Å². The van der Waals surface area contributed by atoms with Gasteiger partial charge in [0, 0.05) is 22.9 Å². The van der Waals surface area contributed by atoms with Crippen LogP contribution >= 0.6 is 0 Å². The molecule has 0 aliphatic carbocycles. The van der Waals surface area contributed by atoms with Crippen LogP contribution in [-0.4, -0.2) is 12.9 Å². The summed E-state index contributed by atoms with van der Waals surface area (Å²) in [5, 5.41) is 2.08. The Bertz CT molecular complexity index is 547. The third kappa shape index (κ3) is 2.14. The van der Waals surface area contributed by atoms with Crippen LogP contribution in [0.15, 0.2) is 36.4 Å². The number of benzene rings is 2. The van der Waals surface area contributed by atoms with E-state index < -0.39 is 0 Å². The maximum Gasteiger partial charge on any atom is 0.199 e. The largest absolute Gasteiger partial charge is 0.464 e. The molecular weight excluding hydrogens is 226 g/mol. The van der Waals surface area contributed by atoms with Crippen LogP contribution in [0.3, 0.4) is 0 Å². The monoisotopic (exact) mass is 243 g/mol. The maximum absolute atomic E-state index is 5.97. The van der Waals surface area contributed by atoms with Crippen LogP contribution in [0.4, 0.5) is 5.69 Å². The molecule has 1 atom stereocenters. The lowest BCUT2D eigenvalue weighted by molar-refractivity contribution is -0.105. The van der Waals surface area contributed by atoms with Gasteiger partial charge in [-0.3, -0.25) is 0 Å². The molecule has 1 fully saturated rings. The Hall–Kier alpha value is -1.74. The van der Waals surface area contributed by atoms with Gasteiger partial charge in [0.15, 0.2) is 6.29 Å². The molecule has 2 aromatic rings. The van der Waals surface area contributed by atoms with Crippen molar-refractivity contribution >= 4 is 16.5 Å². The van der Waals surface area contributed by atoms with Crippen molar-refractivity contribution in [2.75, 3.05) is 12.3 Å². The van der Waals surface area contributed by atoms with E-state index in [1.54, 1.807) is 0 Å². The van der Waals surface area contributed by atoms with Gasteiger partial charge < -0.3 is 15.2 Å². The molecule has 18 heavy (non-hydrogen) atoms.